The number of rotatable bonds is 6. The van der Waals surface area contributed by atoms with Crippen LogP contribution in [0.25, 0.3) is 11.3 Å². The van der Waals surface area contributed by atoms with Crippen LogP contribution in [-0.4, -0.2) is 30.5 Å². The molecule has 0 spiro atoms. The van der Waals surface area contributed by atoms with Gasteiger partial charge in [0.25, 0.3) is 0 Å². The number of hydrogen-bond donors (Lipinski definition) is 2. The van der Waals surface area contributed by atoms with Crippen molar-refractivity contribution < 1.29 is 17.7 Å². The summed E-state index contributed by atoms with van der Waals surface area (Å²) in [5.74, 6) is -0.377. The molecule has 2 N–H and O–H groups in total. The van der Waals surface area contributed by atoms with E-state index in [2.05, 4.69) is 20.2 Å². The van der Waals surface area contributed by atoms with E-state index in [0.717, 1.165) is 5.56 Å². The number of hydrogen-bond acceptors (Lipinski definition) is 7. The molecule has 0 aliphatic rings. The van der Waals surface area contributed by atoms with Gasteiger partial charge in [0.1, 0.15) is 10.6 Å². The number of anilines is 1. The monoisotopic (exact) mass is 440 g/mol. The van der Waals surface area contributed by atoms with Gasteiger partial charge in [0, 0.05) is 16.0 Å². The van der Waals surface area contributed by atoms with Gasteiger partial charge in [-0.2, -0.15) is 4.72 Å². The molecular weight excluding hydrogens is 424 g/mol. The van der Waals surface area contributed by atoms with Crippen LogP contribution in [-0.2, 0) is 14.8 Å². The molecule has 1 atom stereocenters. The summed E-state index contributed by atoms with van der Waals surface area (Å²) in [5, 5.41) is 9.01. The van der Waals surface area contributed by atoms with E-state index in [1.807, 2.05) is 12.1 Å². The van der Waals surface area contributed by atoms with E-state index in [0.29, 0.717) is 15.8 Å². The first-order valence-corrected chi connectivity index (χ1v) is 10.9. The zero-order valence-corrected chi connectivity index (χ0v) is 17.6. The van der Waals surface area contributed by atoms with Crippen molar-refractivity contribution in [3.05, 3.63) is 46.1 Å². The van der Waals surface area contributed by atoms with Crippen LogP contribution in [0.15, 0.2) is 39.1 Å². The predicted octanol–water partition coefficient (Wildman–Crippen LogP) is 3.37. The van der Waals surface area contributed by atoms with Crippen molar-refractivity contribution in [1.82, 2.24) is 14.9 Å². The average Bonchev–Trinajstić information content (AvgIpc) is 3.22. The zero-order chi connectivity index (χ0) is 20.5. The maximum atomic E-state index is 12.5. The summed E-state index contributed by atoms with van der Waals surface area (Å²) in [6.07, 6.45) is 0. The maximum Gasteiger partial charge on any atom is 0.246 e. The Bertz CT molecular complexity index is 1090. The van der Waals surface area contributed by atoms with Crippen LogP contribution in [0.2, 0.25) is 5.02 Å². The van der Waals surface area contributed by atoms with Gasteiger partial charge >= 0.3 is 0 Å². The number of aryl methyl sites for hydroxylation is 2. The van der Waals surface area contributed by atoms with E-state index in [4.69, 9.17) is 16.1 Å². The molecule has 0 saturated carbocycles. The molecule has 0 aliphatic heterocycles. The molecule has 0 aliphatic carbocycles. The second kappa shape index (κ2) is 8.00. The second-order valence-corrected chi connectivity index (χ2v) is 8.98. The third kappa shape index (κ3) is 4.41. The van der Waals surface area contributed by atoms with Crippen LogP contribution in [0.5, 0.6) is 0 Å². The van der Waals surface area contributed by atoms with Gasteiger partial charge < -0.3 is 9.84 Å². The Labute approximate surface area is 171 Å². The van der Waals surface area contributed by atoms with Gasteiger partial charge in [-0.25, -0.2) is 13.4 Å². The zero-order valence-electron chi connectivity index (χ0n) is 15.2. The SMILES string of the molecule is Cc1noc(C)c1S(=O)(=O)N[C@@H](C)C(=O)Nc1nc(-c2ccc(Cl)cc2)cs1. The Morgan fingerprint density at radius 3 is 2.54 bits per heavy atom. The van der Waals surface area contributed by atoms with Gasteiger partial charge in [-0.3, -0.25) is 4.79 Å². The first-order chi connectivity index (χ1) is 13.2. The Hall–Kier alpha value is -2.27. The number of carbonyl (C=O) groups is 1. The predicted molar refractivity (Wildman–Crippen MR) is 107 cm³/mol. The van der Waals surface area contributed by atoms with Crippen LogP contribution in [0, 0.1) is 13.8 Å². The Balaban J connectivity index is 1.69. The van der Waals surface area contributed by atoms with Crippen LogP contribution >= 0.6 is 22.9 Å². The quantitative estimate of drug-likeness (QED) is 0.607. The first-order valence-electron chi connectivity index (χ1n) is 8.15. The molecule has 3 rings (SSSR count). The molecule has 0 radical (unpaired) electrons. The van der Waals surface area contributed by atoms with Crippen LogP contribution in [0.1, 0.15) is 18.4 Å². The normalized spacial score (nSPS) is 12.7. The van der Waals surface area contributed by atoms with E-state index >= 15 is 0 Å². The first kappa shape index (κ1) is 20.5. The molecule has 28 heavy (non-hydrogen) atoms. The van der Waals surface area contributed by atoms with Crippen LogP contribution < -0.4 is 10.0 Å². The van der Waals surface area contributed by atoms with Gasteiger partial charge in [0.15, 0.2) is 10.9 Å². The molecule has 1 amide bonds. The second-order valence-electron chi connectivity index (χ2n) is 6.03. The molecule has 0 saturated heterocycles. The number of sulfonamides is 1. The minimum absolute atomic E-state index is 0.0635. The molecule has 0 bridgehead atoms. The van der Waals surface area contributed by atoms with E-state index in [1.165, 1.54) is 32.1 Å². The van der Waals surface area contributed by atoms with Crippen molar-refractivity contribution in [2.45, 2.75) is 31.7 Å². The van der Waals surface area contributed by atoms with Crippen molar-refractivity contribution in [3.8, 4) is 11.3 Å². The van der Waals surface area contributed by atoms with Gasteiger partial charge in [-0.05, 0) is 32.9 Å². The fourth-order valence-corrected chi connectivity index (χ4v) is 4.88. The van der Waals surface area contributed by atoms with E-state index in [-0.39, 0.29) is 16.3 Å². The Morgan fingerprint density at radius 1 is 1.25 bits per heavy atom. The average molecular weight is 441 g/mol. The van der Waals surface area contributed by atoms with Crippen molar-refractivity contribution in [1.29, 1.82) is 0 Å². The smallest absolute Gasteiger partial charge is 0.246 e. The summed E-state index contributed by atoms with van der Waals surface area (Å²) in [6, 6.07) is 6.12. The van der Waals surface area contributed by atoms with Gasteiger partial charge in [-0.15, -0.1) is 11.3 Å². The maximum absolute atomic E-state index is 12.5. The summed E-state index contributed by atoms with van der Waals surface area (Å²) in [7, 11) is -3.95. The number of thiazole rings is 1. The fourth-order valence-electron chi connectivity index (χ4n) is 2.50. The number of carbonyl (C=O) groups excluding carboxylic acids is 1. The lowest BCUT2D eigenvalue weighted by molar-refractivity contribution is -0.117. The van der Waals surface area contributed by atoms with Crippen LogP contribution in [0.4, 0.5) is 5.13 Å². The van der Waals surface area contributed by atoms with E-state index in [9.17, 15) is 13.2 Å². The number of nitrogens with zero attached hydrogens (tertiary/aromatic N) is 2. The van der Waals surface area contributed by atoms with Crippen LogP contribution in [0.3, 0.4) is 0 Å². The Kier molecular flexibility index (Phi) is 5.84. The number of benzene rings is 1. The summed E-state index contributed by atoms with van der Waals surface area (Å²) < 4.78 is 32.2. The summed E-state index contributed by atoms with van der Waals surface area (Å²) in [6.45, 7) is 4.45. The third-order valence-corrected chi connectivity index (χ3v) is 6.63. The van der Waals surface area contributed by atoms with Crippen molar-refractivity contribution in [2.24, 2.45) is 0 Å². The lowest BCUT2D eigenvalue weighted by Gasteiger charge is -2.13. The molecule has 3 aromatic rings. The fraction of sp³-hybridized carbons (Fsp3) is 0.235. The van der Waals surface area contributed by atoms with Crippen molar-refractivity contribution in [2.75, 3.05) is 5.32 Å². The molecule has 8 nitrogen and oxygen atoms in total. The van der Waals surface area contributed by atoms with Crippen molar-refractivity contribution in [3.63, 3.8) is 0 Å². The minimum Gasteiger partial charge on any atom is -0.360 e. The minimum atomic E-state index is -3.95. The molecular formula is C17H17ClN4O4S2. The highest BCUT2D eigenvalue weighted by atomic mass is 35.5. The summed E-state index contributed by atoms with van der Waals surface area (Å²) in [5.41, 5.74) is 1.76. The van der Waals surface area contributed by atoms with Gasteiger partial charge in [0.2, 0.25) is 15.9 Å². The molecule has 1 aromatic carbocycles. The number of amides is 1. The number of halogens is 1. The van der Waals surface area contributed by atoms with Gasteiger partial charge in [0.05, 0.1) is 11.7 Å². The van der Waals surface area contributed by atoms with E-state index < -0.39 is 22.0 Å². The van der Waals surface area contributed by atoms with Crippen molar-refractivity contribution >= 4 is 44.0 Å². The lowest BCUT2D eigenvalue weighted by atomic mass is 10.2. The number of aromatic nitrogens is 2. The Morgan fingerprint density at radius 2 is 1.93 bits per heavy atom. The van der Waals surface area contributed by atoms with Gasteiger partial charge in [-0.1, -0.05) is 28.9 Å². The molecule has 148 valence electrons. The molecule has 0 unspecified atom stereocenters. The lowest BCUT2D eigenvalue weighted by Crippen LogP contribution is -2.41. The third-order valence-electron chi connectivity index (χ3n) is 3.84. The molecule has 2 heterocycles. The molecule has 11 heteroatoms. The molecule has 2 aromatic heterocycles. The molecule has 0 fully saturated rings. The largest absolute Gasteiger partial charge is 0.360 e. The number of nitrogens with one attached hydrogen (secondary N) is 2. The summed E-state index contributed by atoms with van der Waals surface area (Å²) in [4.78, 5) is 16.7. The van der Waals surface area contributed by atoms with E-state index in [1.54, 1.807) is 17.5 Å². The highest BCUT2D eigenvalue weighted by molar-refractivity contribution is 7.89. The highest BCUT2D eigenvalue weighted by Crippen LogP contribution is 2.26. The standard InChI is InChI=1S/C17H17ClN4O4S2/c1-9-15(11(3)26-21-9)28(24,25)22-10(2)16(23)20-17-19-14(8-27-17)12-4-6-13(18)7-5-12/h4-8,10,22H,1-3H3,(H,19,20,23)/t10-/m0/s1. The highest BCUT2D eigenvalue weighted by Gasteiger charge is 2.28. The summed E-state index contributed by atoms with van der Waals surface area (Å²) >= 11 is 7.11. The topological polar surface area (TPSA) is 114 Å².